The van der Waals surface area contributed by atoms with Crippen LogP contribution < -0.4 is 14.4 Å². The van der Waals surface area contributed by atoms with Crippen LogP contribution in [0.15, 0.2) is 116 Å². The molecule has 12 nitrogen and oxygen atoms in total. The molecule has 4 heterocycles. The van der Waals surface area contributed by atoms with Crippen molar-refractivity contribution in [3.8, 4) is 11.5 Å². The van der Waals surface area contributed by atoms with Crippen LogP contribution in [0.3, 0.4) is 0 Å². The maximum absolute atomic E-state index is 6.53. The molecule has 2 aliphatic heterocycles. The van der Waals surface area contributed by atoms with E-state index in [9.17, 15) is 0 Å². The number of halogens is 5. The average molecular weight is 956 g/mol. The lowest BCUT2D eigenvalue weighted by Gasteiger charge is -2.38. The summed E-state index contributed by atoms with van der Waals surface area (Å²) < 4.78 is 34.0. The van der Waals surface area contributed by atoms with Crippen LogP contribution in [0.5, 0.6) is 11.5 Å². The van der Waals surface area contributed by atoms with Crippen LogP contribution in [-0.4, -0.2) is 94.0 Å². The minimum absolute atomic E-state index is 0.288. The summed E-state index contributed by atoms with van der Waals surface area (Å²) in [4.78, 5) is 13.0. The third kappa shape index (κ3) is 12.4. The minimum Gasteiger partial charge on any atom is -0.491 e. The van der Waals surface area contributed by atoms with Gasteiger partial charge in [0.25, 0.3) is 0 Å². The van der Waals surface area contributed by atoms with Crippen LogP contribution in [-0.2, 0) is 26.5 Å². The van der Waals surface area contributed by atoms with Crippen LogP contribution in [0.25, 0.3) is 11.5 Å². The fourth-order valence-electron chi connectivity index (χ4n) is 7.18. The second-order valence-corrected chi connectivity index (χ2v) is 17.2. The number of nitrogens with zero attached hydrogens (tertiary/aromatic N) is 7. The van der Waals surface area contributed by atoms with Gasteiger partial charge in [-0.15, -0.1) is 0 Å². The van der Waals surface area contributed by atoms with Crippen LogP contribution in [0.4, 0.5) is 5.69 Å². The Labute approximate surface area is 392 Å². The van der Waals surface area contributed by atoms with Crippen LogP contribution in [0.1, 0.15) is 31.9 Å². The summed E-state index contributed by atoms with van der Waals surface area (Å²) in [6.45, 7) is 12.4. The molecular weight excluding hydrogens is 908 g/mol. The van der Waals surface area contributed by atoms with Crippen molar-refractivity contribution >= 4 is 75.1 Å². The molecular formula is C46H48Cl5N7O5. The summed E-state index contributed by atoms with van der Waals surface area (Å²) in [6, 6.07) is 26.6. The first kappa shape index (κ1) is 46.5. The van der Waals surface area contributed by atoms with Crippen molar-refractivity contribution in [2.75, 3.05) is 57.5 Å². The van der Waals surface area contributed by atoms with Crippen molar-refractivity contribution in [3.63, 3.8) is 0 Å². The predicted molar refractivity (Wildman–Crippen MR) is 250 cm³/mol. The zero-order valence-electron chi connectivity index (χ0n) is 35.0. The van der Waals surface area contributed by atoms with Gasteiger partial charge in [0.05, 0.1) is 28.7 Å². The maximum Gasteiger partial charge on any atom is 0.217 e. The van der Waals surface area contributed by atoms with E-state index in [0.29, 0.717) is 75.4 Å². The number of hydrogen-bond acceptors (Lipinski definition) is 10. The third-order valence-electron chi connectivity index (χ3n) is 10.5. The number of benzene rings is 4. The summed E-state index contributed by atoms with van der Waals surface area (Å²) in [6.07, 6.45) is 8.05. The number of anilines is 1. The fraction of sp³-hybridized carbons (Fsp3) is 0.326. The van der Waals surface area contributed by atoms with E-state index in [0.717, 1.165) is 48.9 Å². The molecule has 4 aromatic carbocycles. The second kappa shape index (κ2) is 21.9. The van der Waals surface area contributed by atoms with Crippen molar-refractivity contribution in [3.05, 3.63) is 153 Å². The standard InChI is InChI=1S/C26H31Cl2N5O3.C20H17Cl3N2O2/c1-19(2)31-9-11-32(12-10-31)21-4-6-22(7-5-21)34-14-23-15-35-26(36-23,16-33-18-29-17-30-33)24-8-3-20(27)13-25(24)28;1-14(25-9-8-24-13-25)20(18-7-4-16(22)12-19(18)23)27-11-10-26-17-5-2-15(21)3-6-17/h3-8,13,17-19,23H,9-12,14-16H2,1-2H3;2-9,12-13H,10-11H2,1H3/b;20-14-/t23-,26-;/m0./s1. The first-order valence-electron chi connectivity index (χ1n) is 20.4. The highest BCUT2D eigenvalue weighted by Gasteiger charge is 2.45. The number of ether oxygens (including phenoxy) is 5. The Morgan fingerprint density at radius 2 is 1.46 bits per heavy atom. The summed E-state index contributed by atoms with van der Waals surface area (Å²) in [5.41, 5.74) is 3.51. The first-order chi connectivity index (χ1) is 30.5. The average Bonchev–Trinajstić information content (AvgIpc) is 4.09. The first-order valence-corrected chi connectivity index (χ1v) is 22.3. The normalized spacial score (nSPS) is 18.2. The van der Waals surface area contributed by atoms with Gasteiger partial charge in [0.2, 0.25) is 5.79 Å². The number of imidazole rings is 1. The minimum atomic E-state index is -1.12. The molecule has 0 N–H and O–H groups in total. The summed E-state index contributed by atoms with van der Waals surface area (Å²) in [5.74, 6) is 1.03. The highest BCUT2D eigenvalue weighted by Crippen LogP contribution is 2.41. The van der Waals surface area contributed by atoms with Crippen molar-refractivity contribution in [2.45, 2.75) is 45.2 Å². The highest BCUT2D eigenvalue weighted by molar-refractivity contribution is 6.36. The molecule has 2 aromatic heterocycles. The van der Waals surface area contributed by atoms with Gasteiger partial charge in [-0.05, 0) is 99.6 Å². The lowest BCUT2D eigenvalue weighted by molar-refractivity contribution is -0.190. The van der Waals surface area contributed by atoms with Crippen molar-refractivity contribution in [1.29, 1.82) is 0 Å². The highest BCUT2D eigenvalue weighted by atomic mass is 35.5. The van der Waals surface area contributed by atoms with E-state index in [1.165, 1.54) is 12.0 Å². The molecule has 0 bridgehead atoms. The molecule has 0 radical (unpaired) electrons. The molecule has 63 heavy (non-hydrogen) atoms. The van der Waals surface area contributed by atoms with Crippen molar-refractivity contribution in [2.24, 2.45) is 0 Å². The molecule has 0 amide bonds. The SMILES string of the molecule is C/C(=C(/OCCOc1ccc(Cl)cc1)c1ccc(Cl)cc1Cl)n1ccnc1.CC(C)N1CCN(c2ccc(OC[C@H]3CO[C@](Cn4cncn4)(c4ccc(Cl)cc4Cl)O3)cc2)CC1. The number of rotatable bonds is 15. The van der Waals surface area contributed by atoms with Gasteiger partial charge in [-0.25, -0.2) is 14.6 Å². The smallest absolute Gasteiger partial charge is 0.217 e. The summed E-state index contributed by atoms with van der Waals surface area (Å²) in [5, 5.41) is 6.96. The molecule has 8 rings (SSSR count). The van der Waals surface area contributed by atoms with Gasteiger partial charge in [0, 0.05) is 76.5 Å². The Kier molecular flexibility index (Phi) is 16.2. The second-order valence-electron chi connectivity index (χ2n) is 15.1. The Morgan fingerprint density at radius 1 is 0.778 bits per heavy atom. The molecule has 6 aromatic rings. The molecule has 2 atom stereocenters. The van der Waals surface area contributed by atoms with Gasteiger partial charge in [0.15, 0.2) is 0 Å². The largest absolute Gasteiger partial charge is 0.491 e. The molecule has 0 saturated carbocycles. The van der Waals surface area contributed by atoms with Crippen molar-refractivity contribution in [1.82, 2.24) is 29.2 Å². The van der Waals surface area contributed by atoms with Crippen LogP contribution >= 0.6 is 58.0 Å². The summed E-state index contributed by atoms with van der Waals surface area (Å²) in [7, 11) is 0. The Bertz CT molecular complexity index is 2400. The lowest BCUT2D eigenvalue weighted by atomic mass is 10.1. The van der Waals surface area contributed by atoms with Gasteiger partial charge in [0.1, 0.15) is 62.4 Å². The number of piperazine rings is 1. The van der Waals surface area contributed by atoms with E-state index in [1.54, 1.807) is 59.9 Å². The Morgan fingerprint density at radius 3 is 2.11 bits per heavy atom. The molecule has 2 aliphatic rings. The molecule has 2 fully saturated rings. The van der Waals surface area contributed by atoms with Crippen LogP contribution in [0, 0.1) is 0 Å². The molecule has 2 saturated heterocycles. The Balaban J connectivity index is 0.000000197. The molecule has 332 valence electrons. The van der Waals surface area contributed by atoms with E-state index in [-0.39, 0.29) is 6.10 Å². The Hall–Kier alpha value is -4.50. The van der Waals surface area contributed by atoms with E-state index < -0.39 is 5.79 Å². The van der Waals surface area contributed by atoms with E-state index in [4.69, 9.17) is 81.7 Å². The van der Waals surface area contributed by atoms with Gasteiger partial charge in [-0.2, -0.15) is 5.10 Å². The lowest BCUT2D eigenvalue weighted by Crippen LogP contribution is -2.48. The zero-order valence-corrected chi connectivity index (χ0v) is 38.8. The number of aromatic nitrogens is 5. The van der Waals surface area contributed by atoms with Gasteiger partial charge >= 0.3 is 0 Å². The molecule has 0 aliphatic carbocycles. The predicted octanol–water partition coefficient (Wildman–Crippen LogP) is 10.7. The topological polar surface area (TPSA) is 101 Å². The van der Waals surface area contributed by atoms with Crippen molar-refractivity contribution < 1.29 is 23.7 Å². The number of allylic oxidation sites excluding steroid dienone is 1. The number of hydrogen-bond donors (Lipinski definition) is 0. The van der Waals surface area contributed by atoms with Gasteiger partial charge in [-0.1, -0.05) is 64.1 Å². The van der Waals surface area contributed by atoms with E-state index in [2.05, 4.69) is 50.8 Å². The van der Waals surface area contributed by atoms with Gasteiger partial charge in [-0.3, -0.25) is 4.90 Å². The monoisotopic (exact) mass is 953 g/mol. The maximum atomic E-state index is 6.53. The molecule has 17 heteroatoms. The van der Waals surface area contributed by atoms with Crippen LogP contribution in [0.2, 0.25) is 25.1 Å². The zero-order chi connectivity index (χ0) is 44.3. The third-order valence-corrected chi connectivity index (χ3v) is 11.9. The van der Waals surface area contributed by atoms with Gasteiger partial charge < -0.3 is 33.2 Å². The quantitative estimate of drug-likeness (QED) is 0.0730. The van der Waals surface area contributed by atoms with E-state index >= 15 is 0 Å². The molecule has 0 spiro atoms. The van der Waals surface area contributed by atoms with E-state index in [1.807, 2.05) is 54.1 Å². The fourth-order valence-corrected chi connectivity index (χ4v) is 8.35. The summed E-state index contributed by atoms with van der Waals surface area (Å²) >= 11 is 30.9. The molecule has 0 unspecified atom stereocenters.